The minimum atomic E-state index is 0.260. The Kier molecular flexibility index (Phi) is 5.52. The first-order chi connectivity index (χ1) is 11.0. The standard InChI is InChI=1S/C19H24N4/c1-13(2)23-19-17(11-16(21-4)12-22-19)18(20)10-9-15-7-5-14(3)6-8-15/h5-13,20-21H,1-4H3,(H,22,23)/b10-9+,20-18?. The van der Waals surface area contributed by atoms with E-state index >= 15 is 0 Å². The molecule has 0 atom stereocenters. The number of aromatic nitrogens is 1. The summed E-state index contributed by atoms with van der Waals surface area (Å²) in [6.45, 7) is 6.18. The first kappa shape index (κ1) is 16.7. The molecule has 0 bridgehead atoms. The molecule has 0 saturated heterocycles. The molecule has 23 heavy (non-hydrogen) atoms. The summed E-state index contributed by atoms with van der Waals surface area (Å²) in [6, 6.07) is 10.4. The van der Waals surface area contributed by atoms with Gasteiger partial charge in [-0.15, -0.1) is 0 Å². The molecular weight excluding hydrogens is 284 g/mol. The average Bonchev–Trinajstić information content (AvgIpc) is 2.54. The number of hydrogen-bond acceptors (Lipinski definition) is 4. The average molecular weight is 308 g/mol. The van der Waals surface area contributed by atoms with E-state index in [1.54, 1.807) is 6.20 Å². The Morgan fingerprint density at radius 2 is 1.91 bits per heavy atom. The normalized spacial score (nSPS) is 11.0. The number of anilines is 2. The third-order valence-corrected chi connectivity index (χ3v) is 3.41. The molecule has 0 amide bonds. The van der Waals surface area contributed by atoms with Crippen LogP contribution in [0.2, 0.25) is 0 Å². The number of hydrogen-bond donors (Lipinski definition) is 3. The van der Waals surface area contributed by atoms with Crippen LogP contribution in [0.25, 0.3) is 6.08 Å². The van der Waals surface area contributed by atoms with Gasteiger partial charge in [-0.05, 0) is 38.5 Å². The number of nitrogens with zero attached hydrogens (tertiary/aromatic N) is 1. The molecule has 0 unspecified atom stereocenters. The van der Waals surface area contributed by atoms with Crippen molar-refractivity contribution < 1.29 is 0 Å². The lowest BCUT2D eigenvalue weighted by Gasteiger charge is -2.14. The third-order valence-electron chi connectivity index (χ3n) is 3.41. The first-order valence-corrected chi connectivity index (χ1v) is 7.77. The van der Waals surface area contributed by atoms with Crippen molar-refractivity contribution in [3.63, 3.8) is 0 Å². The Morgan fingerprint density at radius 1 is 1.22 bits per heavy atom. The molecule has 4 nitrogen and oxygen atoms in total. The van der Waals surface area contributed by atoms with Crippen LogP contribution < -0.4 is 10.6 Å². The molecule has 2 rings (SSSR count). The second kappa shape index (κ2) is 7.58. The lowest BCUT2D eigenvalue weighted by atomic mass is 10.1. The highest BCUT2D eigenvalue weighted by Gasteiger charge is 2.09. The van der Waals surface area contributed by atoms with E-state index in [0.717, 1.165) is 22.6 Å². The van der Waals surface area contributed by atoms with Gasteiger partial charge in [0.05, 0.1) is 17.6 Å². The second-order valence-electron chi connectivity index (χ2n) is 5.83. The van der Waals surface area contributed by atoms with Crippen LogP contribution in [-0.2, 0) is 0 Å². The van der Waals surface area contributed by atoms with Gasteiger partial charge in [0.1, 0.15) is 5.82 Å². The summed E-state index contributed by atoms with van der Waals surface area (Å²) in [5, 5.41) is 14.8. The van der Waals surface area contributed by atoms with E-state index in [-0.39, 0.29) is 6.04 Å². The summed E-state index contributed by atoms with van der Waals surface area (Å²) in [5.41, 5.74) is 4.41. The molecule has 3 N–H and O–H groups in total. The summed E-state index contributed by atoms with van der Waals surface area (Å²) in [6.07, 6.45) is 5.53. The largest absolute Gasteiger partial charge is 0.387 e. The number of nitrogens with one attached hydrogen (secondary N) is 3. The van der Waals surface area contributed by atoms with Crippen molar-refractivity contribution in [3.8, 4) is 0 Å². The molecule has 0 aliphatic carbocycles. The highest BCUT2D eigenvalue weighted by atomic mass is 15.0. The monoisotopic (exact) mass is 308 g/mol. The van der Waals surface area contributed by atoms with E-state index in [2.05, 4.69) is 60.7 Å². The van der Waals surface area contributed by atoms with Crippen molar-refractivity contribution in [1.82, 2.24) is 4.98 Å². The fourth-order valence-corrected chi connectivity index (χ4v) is 2.14. The lowest BCUT2D eigenvalue weighted by molar-refractivity contribution is 0.888. The van der Waals surface area contributed by atoms with Crippen LogP contribution in [0, 0.1) is 12.3 Å². The van der Waals surface area contributed by atoms with Gasteiger partial charge < -0.3 is 16.0 Å². The minimum Gasteiger partial charge on any atom is -0.387 e. The molecule has 120 valence electrons. The molecule has 1 aromatic carbocycles. The van der Waals surface area contributed by atoms with Crippen LogP contribution in [0.4, 0.5) is 11.5 Å². The number of benzene rings is 1. The fourth-order valence-electron chi connectivity index (χ4n) is 2.14. The predicted octanol–water partition coefficient (Wildman–Crippen LogP) is 4.33. The highest BCUT2D eigenvalue weighted by molar-refractivity contribution is 6.12. The van der Waals surface area contributed by atoms with Crippen LogP contribution in [0.15, 0.2) is 42.6 Å². The Hall–Kier alpha value is -2.62. The van der Waals surface area contributed by atoms with Gasteiger partial charge in [-0.25, -0.2) is 4.98 Å². The van der Waals surface area contributed by atoms with Crippen molar-refractivity contribution in [2.45, 2.75) is 26.8 Å². The van der Waals surface area contributed by atoms with Gasteiger partial charge in [0.2, 0.25) is 0 Å². The SMILES string of the molecule is CNc1cnc(NC(C)C)c(C(=N)/C=C/c2ccc(C)cc2)c1. The second-order valence-corrected chi connectivity index (χ2v) is 5.83. The summed E-state index contributed by atoms with van der Waals surface area (Å²) in [4.78, 5) is 4.43. The Morgan fingerprint density at radius 3 is 2.52 bits per heavy atom. The molecule has 1 aromatic heterocycles. The molecule has 0 aliphatic rings. The summed E-state index contributed by atoms with van der Waals surface area (Å²) < 4.78 is 0. The fraction of sp³-hybridized carbons (Fsp3) is 0.263. The van der Waals surface area contributed by atoms with Crippen LogP contribution in [0.5, 0.6) is 0 Å². The molecule has 0 radical (unpaired) electrons. The van der Waals surface area contributed by atoms with Gasteiger partial charge in [-0.3, -0.25) is 0 Å². The maximum Gasteiger partial charge on any atom is 0.135 e. The molecule has 0 spiro atoms. The minimum absolute atomic E-state index is 0.260. The Balaban J connectivity index is 2.27. The highest BCUT2D eigenvalue weighted by Crippen LogP contribution is 2.19. The molecule has 0 aliphatic heterocycles. The predicted molar refractivity (Wildman–Crippen MR) is 99.6 cm³/mol. The van der Waals surface area contributed by atoms with Gasteiger partial charge >= 0.3 is 0 Å². The Labute approximate surface area is 138 Å². The quantitative estimate of drug-likeness (QED) is 0.696. The van der Waals surface area contributed by atoms with E-state index in [1.165, 1.54) is 5.56 Å². The first-order valence-electron chi connectivity index (χ1n) is 7.77. The summed E-state index contributed by atoms with van der Waals surface area (Å²) in [5.74, 6) is 0.734. The maximum atomic E-state index is 8.38. The van der Waals surface area contributed by atoms with Crippen molar-refractivity contribution in [2.24, 2.45) is 0 Å². The zero-order chi connectivity index (χ0) is 16.8. The molecule has 0 fully saturated rings. The van der Waals surface area contributed by atoms with Crippen molar-refractivity contribution >= 4 is 23.3 Å². The van der Waals surface area contributed by atoms with E-state index in [4.69, 9.17) is 5.41 Å². The topological polar surface area (TPSA) is 60.8 Å². The maximum absolute atomic E-state index is 8.38. The van der Waals surface area contributed by atoms with Gasteiger partial charge in [0, 0.05) is 18.7 Å². The van der Waals surface area contributed by atoms with Crippen molar-refractivity contribution in [2.75, 3.05) is 17.7 Å². The van der Waals surface area contributed by atoms with Gasteiger partial charge in [0.25, 0.3) is 0 Å². The molecule has 1 heterocycles. The zero-order valence-corrected chi connectivity index (χ0v) is 14.1. The van der Waals surface area contributed by atoms with E-state index in [9.17, 15) is 0 Å². The summed E-state index contributed by atoms with van der Waals surface area (Å²) >= 11 is 0. The number of pyridine rings is 1. The third kappa shape index (κ3) is 4.68. The van der Waals surface area contributed by atoms with Crippen molar-refractivity contribution in [1.29, 1.82) is 5.41 Å². The van der Waals surface area contributed by atoms with Crippen LogP contribution >= 0.6 is 0 Å². The van der Waals surface area contributed by atoms with Gasteiger partial charge in [-0.1, -0.05) is 35.9 Å². The van der Waals surface area contributed by atoms with Crippen LogP contribution in [-0.4, -0.2) is 23.8 Å². The van der Waals surface area contributed by atoms with Crippen LogP contribution in [0.3, 0.4) is 0 Å². The van der Waals surface area contributed by atoms with E-state index < -0.39 is 0 Å². The number of allylic oxidation sites excluding steroid dienone is 1. The smallest absolute Gasteiger partial charge is 0.135 e. The number of aryl methyl sites for hydroxylation is 1. The van der Waals surface area contributed by atoms with E-state index in [1.807, 2.05) is 25.3 Å². The lowest BCUT2D eigenvalue weighted by Crippen LogP contribution is -2.15. The van der Waals surface area contributed by atoms with Gasteiger partial charge in [0.15, 0.2) is 0 Å². The molecule has 2 aromatic rings. The molecule has 4 heteroatoms. The number of rotatable bonds is 6. The summed E-state index contributed by atoms with van der Waals surface area (Å²) in [7, 11) is 1.85. The Bertz CT molecular complexity index is 700. The zero-order valence-electron chi connectivity index (χ0n) is 14.1. The van der Waals surface area contributed by atoms with Gasteiger partial charge in [-0.2, -0.15) is 0 Å². The van der Waals surface area contributed by atoms with Crippen molar-refractivity contribution in [3.05, 3.63) is 59.3 Å². The van der Waals surface area contributed by atoms with Crippen LogP contribution in [0.1, 0.15) is 30.5 Å². The van der Waals surface area contributed by atoms with E-state index in [0.29, 0.717) is 5.71 Å². The molecule has 0 saturated carbocycles. The molecular formula is C19H24N4.